The highest BCUT2D eigenvalue weighted by atomic mass is 16.2. The number of nitrogens with zero attached hydrogens (tertiary/aromatic N) is 3. The average molecular weight is 286 g/mol. The minimum absolute atomic E-state index is 0.136. The molecule has 0 radical (unpaired) electrons. The molecule has 112 valence electrons. The van der Waals surface area contributed by atoms with Gasteiger partial charge < -0.3 is 10.2 Å². The summed E-state index contributed by atoms with van der Waals surface area (Å²) >= 11 is 0. The Morgan fingerprint density at radius 3 is 2.67 bits per heavy atom. The highest BCUT2D eigenvalue weighted by molar-refractivity contribution is 5.78. The lowest BCUT2D eigenvalue weighted by Gasteiger charge is -2.19. The Hall–Kier alpha value is -2.14. The fourth-order valence-corrected chi connectivity index (χ4v) is 2.29. The van der Waals surface area contributed by atoms with Crippen molar-refractivity contribution in [3.8, 4) is 5.69 Å². The second-order valence-corrected chi connectivity index (χ2v) is 4.75. The minimum Gasteiger partial charge on any atom is -0.342 e. The molecule has 1 N–H and O–H groups in total. The van der Waals surface area contributed by atoms with E-state index in [1.165, 1.54) is 0 Å². The Labute approximate surface area is 125 Å². The quantitative estimate of drug-likeness (QED) is 0.845. The molecule has 2 rings (SSSR count). The maximum Gasteiger partial charge on any atom is 0.236 e. The van der Waals surface area contributed by atoms with Gasteiger partial charge in [0.15, 0.2) is 0 Å². The largest absolute Gasteiger partial charge is 0.342 e. The standard InChI is InChI=1S/C16H22N4O/c1-3-19(4-2)16(21)13-17-12-14-8-5-6-9-15(14)20-11-7-10-18-20/h5-11,17H,3-4,12-13H2,1-2H3. The normalized spacial score (nSPS) is 10.6. The molecule has 0 unspecified atom stereocenters. The van der Waals surface area contributed by atoms with Crippen LogP contribution in [0.25, 0.3) is 5.69 Å². The van der Waals surface area contributed by atoms with Gasteiger partial charge in [0.2, 0.25) is 5.91 Å². The summed E-state index contributed by atoms with van der Waals surface area (Å²) in [5, 5.41) is 7.48. The Balaban J connectivity index is 1.97. The van der Waals surface area contributed by atoms with Crippen LogP contribution in [0, 0.1) is 0 Å². The van der Waals surface area contributed by atoms with Crippen LogP contribution < -0.4 is 5.32 Å². The summed E-state index contributed by atoms with van der Waals surface area (Å²) in [4.78, 5) is 13.8. The van der Waals surface area contributed by atoms with Gasteiger partial charge in [0, 0.05) is 32.0 Å². The van der Waals surface area contributed by atoms with Gasteiger partial charge in [-0.15, -0.1) is 0 Å². The van der Waals surface area contributed by atoms with Crippen LogP contribution in [-0.4, -0.2) is 40.2 Å². The lowest BCUT2D eigenvalue weighted by Crippen LogP contribution is -2.37. The lowest BCUT2D eigenvalue weighted by molar-refractivity contribution is -0.129. The number of aromatic nitrogens is 2. The van der Waals surface area contributed by atoms with Crippen molar-refractivity contribution in [3.05, 3.63) is 48.3 Å². The van der Waals surface area contributed by atoms with E-state index in [1.807, 2.05) is 60.0 Å². The molecule has 0 fully saturated rings. The van der Waals surface area contributed by atoms with Crippen molar-refractivity contribution < 1.29 is 4.79 Å². The second-order valence-electron chi connectivity index (χ2n) is 4.75. The number of hydrogen-bond acceptors (Lipinski definition) is 3. The van der Waals surface area contributed by atoms with Crippen molar-refractivity contribution in [1.82, 2.24) is 20.0 Å². The van der Waals surface area contributed by atoms with Crippen LogP contribution >= 0.6 is 0 Å². The van der Waals surface area contributed by atoms with Gasteiger partial charge >= 0.3 is 0 Å². The first-order valence-electron chi connectivity index (χ1n) is 7.32. The summed E-state index contributed by atoms with van der Waals surface area (Å²) in [6.07, 6.45) is 3.67. The molecule has 1 aromatic carbocycles. The Morgan fingerprint density at radius 1 is 1.24 bits per heavy atom. The summed E-state index contributed by atoms with van der Waals surface area (Å²) in [6.45, 7) is 6.49. The molecule has 0 atom stereocenters. The van der Waals surface area contributed by atoms with E-state index in [-0.39, 0.29) is 5.91 Å². The molecule has 1 amide bonds. The molecule has 0 bridgehead atoms. The molecule has 0 aliphatic heterocycles. The molecule has 1 aromatic heterocycles. The lowest BCUT2D eigenvalue weighted by atomic mass is 10.2. The molecule has 0 spiro atoms. The van der Waals surface area contributed by atoms with Gasteiger partial charge in [-0.3, -0.25) is 4.79 Å². The third-order valence-electron chi connectivity index (χ3n) is 3.45. The van der Waals surface area contributed by atoms with Crippen molar-refractivity contribution >= 4 is 5.91 Å². The van der Waals surface area contributed by atoms with Crippen molar-refractivity contribution in [1.29, 1.82) is 0 Å². The van der Waals surface area contributed by atoms with E-state index in [0.717, 1.165) is 24.3 Å². The summed E-state index contributed by atoms with van der Waals surface area (Å²) in [7, 11) is 0. The fourth-order valence-electron chi connectivity index (χ4n) is 2.29. The van der Waals surface area contributed by atoms with Crippen molar-refractivity contribution in [2.24, 2.45) is 0 Å². The summed E-state index contributed by atoms with van der Waals surface area (Å²) in [5.74, 6) is 0.136. The van der Waals surface area contributed by atoms with Crippen molar-refractivity contribution in [2.45, 2.75) is 20.4 Å². The number of hydrogen-bond donors (Lipinski definition) is 1. The number of amides is 1. The predicted molar refractivity (Wildman–Crippen MR) is 83.2 cm³/mol. The monoisotopic (exact) mass is 286 g/mol. The topological polar surface area (TPSA) is 50.2 Å². The molecule has 0 aliphatic carbocycles. The minimum atomic E-state index is 0.136. The molecule has 5 heteroatoms. The van der Waals surface area contributed by atoms with Gasteiger partial charge in [-0.25, -0.2) is 4.68 Å². The zero-order chi connectivity index (χ0) is 15.1. The van der Waals surface area contributed by atoms with E-state index in [2.05, 4.69) is 10.4 Å². The third kappa shape index (κ3) is 3.92. The van der Waals surface area contributed by atoms with E-state index in [1.54, 1.807) is 6.20 Å². The summed E-state index contributed by atoms with van der Waals surface area (Å²) in [6, 6.07) is 9.95. The Kier molecular flexibility index (Phi) is 5.51. The number of rotatable bonds is 7. The van der Waals surface area contributed by atoms with Crippen LogP contribution in [0.2, 0.25) is 0 Å². The van der Waals surface area contributed by atoms with E-state index >= 15 is 0 Å². The van der Waals surface area contributed by atoms with Gasteiger partial charge in [0.05, 0.1) is 12.2 Å². The molecule has 0 saturated carbocycles. The second kappa shape index (κ2) is 7.59. The molecular weight excluding hydrogens is 264 g/mol. The molecule has 1 heterocycles. The van der Waals surface area contributed by atoms with Crippen LogP contribution in [0.3, 0.4) is 0 Å². The number of para-hydroxylation sites is 1. The Morgan fingerprint density at radius 2 is 2.00 bits per heavy atom. The summed E-state index contributed by atoms with van der Waals surface area (Å²) < 4.78 is 1.84. The highest BCUT2D eigenvalue weighted by Crippen LogP contribution is 2.12. The van der Waals surface area contributed by atoms with E-state index in [4.69, 9.17) is 0 Å². The fraction of sp³-hybridized carbons (Fsp3) is 0.375. The number of carbonyl (C=O) groups excluding carboxylic acids is 1. The maximum atomic E-state index is 12.0. The number of nitrogens with one attached hydrogen (secondary N) is 1. The Bertz CT molecular complexity index is 561. The van der Waals surface area contributed by atoms with Crippen LogP contribution in [0.4, 0.5) is 0 Å². The van der Waals surface area contributed by atoms with Crippen molar-refractivity contribution in [3.63, 3.8) is 0 Å². The number of carbonyl (C=O) groups is 1. The van der Waals surface area contributed by atoms with Gasteiger partial charge in [-0.05, 0) is 31.5 Å². The SMILES string of the molecule is CCN(CC)C(=O)CNCc1ccccc1-n1cccn1. The first-order valence-corrected chi connectivity index (χ1v) is 7.32. The van der Waals surface area contributed by atoms with Crippen LogP contribution in [0.15, 0.2) is 42.7 Å². The first kappa shape index (κ1) is 15.3. The molecular formula is C16H22N4O. The van der Waals surface area contributed by atoms with Gasteiger partial charge in [0.25, 0.3) is 0 Å². The van der Waals surface area contributed by atoms with Gasteiger partial charge in [-0.1, -0.05) is 18.2 Å². The maximum absolute atomic E-state index is 12.0. The van der Waals surface area contributed by atoms with Gasteiger partial charge in [0.1, 0.15) is 0 Å². The van der Waals surface area contributed by atoms with Gasteiger partial charge in [-0.2, -0.15) is 5.10 Å². The smallest absolute Gasteiger partial charge is 0.236 e. The first-order chi connectivity index (χ1) is 10.3. The van der Waals surface area contributed by atoms with Crippen molar-refractivity contribution in [2.75, 3.05) is 19.6 Å². The molecule has 0 saturated heterocycles. The number of benzene rings is 1. The number of likely N-dealkylation sites (N-methyl/N-ethyl adjacent to an activating group) is 1. The molecule has 21 heavy (non-hydrogen) atoms. The van der Waals surface area contributed by atoms with E-state index in [9.17, 15) is 4.79 Å². The average Bonchev–Trinajstić information content (AvgIpc) is 3.03. The van der Waals surface area contributed by atoms with Crippen LogP contribution in [-0.2, 0) is 11.3 Å². The highest BCUT2D eigenvalue weighted by Gasteiger charge is 2.09. The zero-order valence-corrected chi connectivity index (χ0v) is 12.6. The molecule has 0 aliphatic rings. The third-order valence-corrected chi connectivity index (χ3v) is 3.45. The van der Waals surface area contributed by atoms with E-state index < -0.39 is 0 Å². The van der Waals surface area contributed by atoms with Crippen LogP contribution in [0.1, 0.15) is 19.4 Å². The molecule has 2 aromatic rings. The van der Waals surface area contributed by atoms with E-state index in [0.29, 0.717) is 13.1 Å². The zero-order valence-electron chi connectivity index (χ0n) is 12.6. The molecule has 5 nitrogen and oxygen atoms in total. The predicted octanol–water partition coefficient (Wildman–Crippen LogP) is 1.83. The summed E-state index contributed by atoms with van der Waals surface area (Å²) in [5.41, 5.74) is 2.15. The van der Waals surface area contributed by atoms with Crippen LogP contribution in [0.5, 0.6) is 0 Å².